The molecule has 1 aliphatic carbocycles. The summed E-state index contributed by atoms with van der Waals surface area (Å²) in [6.07, 6.45) is 5.16. The maximum absolute atomic E-state index is 12.1. The molecule has 0 radical (unpaired) electrons. The number of Topliss-reactive ketones (excluding diaryl/α,β-unsaturated/α-hetero) is 1. The molecule has 0 aromatic carbocycles. The third-order valence-electron chi connectivity index (χ3n) is 4.45. The van der Waals surface area contributed by atoms with E-state index in [-0.39, 0.29) is 0 Å². The monoisotopic (exact) mass is 225 g/mol. The molecule has 0 aromatic rings. The van der Waals surface area contributed by atoms with Crippen LogP contribution in [0.4, 0.5) is 0 Å². The van der Waals surface area contributed by atoms with Crippen molar-refractivity contribution in [1.82, 2.24) is 0 Å². The van der Waals surface area contributed by atoms with Gasteiger partial charge in [-0.25, -0.2) is 0 Å². The van der Waals surface area contributed by atoms with Crippen molar-refractivity contribution in [2.75, 3.05) is 6.54 Å². The zero-order valence-electron chi connectivity index (χ0n) is 11.0. The topological polar surface area (TPSA) is 43.1 Å². The van der Waals surface area contributed by atoms with Gasteiger partial charge in [0.2, 0.25) is 0 Å². The van der Waals surface area contributed by atoms with Gasteiger partial charge in [0.1, 0.15) is 5.78 Å². The SMILES string of the molecule is CCC(CN)CC(=O)C1CCC(C)C(C)C1. The van der Waals surface area contributed by atoms with Gasteiger partial charge in [-0.1, -0.05) is 27.2 Å². The summed E-state index contributed by atoms with van der Waals surface area (Å²) in [7, 11) is 0. The fraction of sp³-hybridized carbons (Fsp3) is 0.929. The normalized spacial score (nSPS) is 32.4. The molecule has 1 rings (SSSR count). The van der Waals surface area contributed by atoms with Crippen molar-refractivity contribution in [3.63, 3.8) is 0 Å². The maximum Gasteiger partial charge on any atom is 0.136 e. The summed E-state index contributed by atoms with van der Waals surface area (Å²) in [6.45, 7) is 7.36. The van der Waals surface area contributed by atoms with Crippen molar-refractivity contribution < 1.29 is 4.79 Å². The van der Waals surface area contributed by atoms with Gasteiger partial charge in [-0.05, 0) is 43.6 Å². The van der Waals surface area contributed by atoms with Gasteiger partial charge in [0.05, 0.1) is 0 Å². The second-order valence-electron chi connectivity index (χ2n) is 5.64. The largest absolute Gasteiger partial charge is 0.330 e. The summed E-state index contributed by atoms with van der Waals surface area (Å²) < 4.78 is 0. The average Bonchev–Trinajstić information content (AvgIpc) is 2.29. The number of carbonyl (C=O) groups excluding carboxylic acids is 1. The molecule has 1 aliphatic rings. The van der Waals surface area contributed by atoms with Crippen molar-refractivity contribution >= 4 is 5.78 Å². The molecule has 16 heavy (non-hydrogen) atoms. The van der Waals surface area contributed by atoms with Crippen LogP contribution < -0.4 is 5.73 Å². The van der Waals surface area contributed by atoms with E-state index in [2.05, 4.69) is 20.8 Å². The van der Waals surface area contributed by atoms with Gasteiger partial charge >= 0.3 is 0 Å². The summed E-state index contributed by atoms with van der Waals surface area (Å²) in [5.41, 5.74) is 5.66. The molecular weight excluding hydrogens is 198 g/mol. The second kappa shape index (κ2) is 6.39. The lowest BCUT2D eigenvalue weighted by atomic mass is 9.73. The summed E-state index contributed by atoms with van der Waals surface area (Å²) in [5, 5.41) is 0. The van der Waals surface area contributed by atoms with E-state index >= 15 is 0 Å². The van der Waals surface area contributed by atoms with E-state index in [1.54, 1.807) is 0 Å². The third-order valence-corrected chi connectivity index (χ3v) is 4.45. The summed E-state index contributed by atoms with van der Waals surface area (Å²) in [5.74, 6) is 2.70. The van der Waals surface area contributed by atoms with Crippen molar-refractivity contribution in [3.05, 3.63) is 0 Å². The molecular formula is C14H27NO. The van der Waals surface area contributed by atoms with Gasteiger partial charge < -0.3 is 5.73 Å². The van der Waals surface area contributed by atoms with Crippen LogP contribution in [0.5, 0.6) is 0 Å². The van der Waals surface area contributed by atoms with Gasteiger partial charge in [0.25, 0.3) is 0 Å². The first-order valence-corrected chi connectivity index (χ1v) is 6.81. The number of carbonyl (C=O) groups is 1. The third kappa shape index (κ3) is 3.58. The van der Waals surface area contributed by atoms with Crippen LogP contribution in [-0.2, 0) is 4.79 Å². The molecule has 0 saturated heterocycles. The van der Waals surface area contributed by atoms with E-state index in [4.69, 9.17) is 5.73 Å². The fourth-order valence-electron chi connectivity index (χ4n) is 2.69. The molecule has 0 spiro atoms. The smallest absolute Gasteiger partial charge is 0.136 e. The molecule has 2 nitrogen and oxygen atoms in total. The Morgan fingerprint density at radius 3 is 2.50 bits per heavy atom. The Morgan fingerprint density at radius 2 is 2.00 bits per heavy atom. The van der Waals surface area contributed by atoms with E-state index in [9.17, 15) is 4.79 Å². The molecule has 0 bridgehead atoms. The maximum atomic E-state index is 12.1. The summed E-state index contributed by atoms with van der Waals surface area (Å²) in [6, 6.07) is 0. The fourth-order valence-corrected chi connectivity index (χ4v) is 2.69. The Balaban J connectivity index is 2.42. The van der Waals surface area contributed by atoms with Crippen molar-refractivity contribution in [3.8, 4) is 0 Å². The number of rotatable bonds is 5. The van der Waals surface area contributed by atoms with Crippen LogP contribution in [0.15, 0.2) is 0 Å². The first kappa shape index (κ1) is 13.7. The lowest BCUT2D eigenvalue weighted by Gasteiger charge is -2.31. The summed E-state index contributed by atoms with van der Waals surface area (Å²) in [4.78, 5) is 12.1. The van der Waals surface area contributed by atoms with Crippen molar-refractivity contribution in [1.29, 1.82) is 0 Å². The van der Waals surface area contributed by atoms with Crippen LogP contribution in [0.2, 0.25) is 0 Å². The van der Waals surface area contributed by atoms with E-state index < -0.39 is 0 Å². The second-order valence-corrected chi connectivity index (χ2v) is 5.64. The lowest BCUT2D eigenvalue weighted by molar-refractivity contribution is -0.125. The Hall–Kier alpha value is -0.370. The first-order valence-electron chi connectivity index (χ1n) is 6.81. The highest BCUT2D eigenvalue weighted by atomic mass is 16.1. The van der Waals surface area contributed by atoms with Gasteiger partial charge in [-0.2, -0.15) is 0 Å². The number of hydrogen-bond donors (Lipinski definition) is 1. The molecule has 2 heteroatoms. The van der Waals surface area contributed by atoms with E-state index in [1.165, 1.54) is 6.42 Å². The molecule has 4 atom stereocenters. The molecule has 1 saturated carbocycles. The minimum atomic E-state index is 0.326. The zero-order valence-corrected chi connectivity index (χ0v) is 11.0. The Morgan fingerprint density at radius 1 is 1.31 bits per heavy atom. The lowest BCUT2D eigenvalue weighted by Crippen LogP contribution is -2.28. The molecule has 0 aliphatic heterocycles. The highest BCUT2D eigenvalue weighted by Gasteiger charge is 2.29. The molecule has 0 amide bonds. The van der Waals surface area contributed by atoms with E-state index in [1.807, 2.05) is 0 Å². The molecule has 2 N–H and O–H groups in total. The molecule has 94 valence electrons. The van der Waals surface area contributed by atoms with Crippen LogP contribution in [0.25, 0.3) is 0 Å². The van der Waals surface area contributed by atoms with Crippen LogP contribution in [0.1, 0.15) is 52.9 Å². The zero-order chi connectivity index (χ0) is 12.1. The van der Waals surface area contributed by atoms with Crippen molar-refractivity contribution in [2.24, 2.45) is 29.4 Å². The van der Waals surface area contributed by atoms with Gasteiger partial charge in [-0.3, -0.25) is 4.79 Å². The Labute approximate surface area is 100.0 Å². The van der Waals surface area contributed by atoms with E-state index in [0.717, 1.165) is 25.2 Å². The number of hydrogen-bond acceptors (Lipinski definition) is 2. The highest BCUT2D eigenvalue weighted by Crippen LogP contribution is 2.34. The minimum absolute atomic E-state index is 0.326. The molecule has 4 unspecified atom stereocenters. The predicted octanol–water partition coefficient (Wildman–Crippen LogP) is 3.00. The summed E-state index contributed by atoms with van der Waals surface area (Å²) >= 11 is 0. The van der Waals surface area contributed by atoms with Gasteiger partial charge in [0.15, 0.2) is 0 Å². The van der Waals surface area contributed by atoms with Gasteiger partial charge in [-0.15, -0.1) is 0 Å². The van der Waals surface area contributed by atoms with Crippen LogP contribution in [0, 0.1) is 23.7 Å². The Bertz CT molecular complexity index is 223. The van der Waals surface area contributed by atoms with Crippen molar-refractivity contribution in [2.45, 2.75) is 52.9 Å². The first-order chi connectivity index (χ1) is 7.58. The quantitative estimate of drug-likeness (QED) is 0.781. The van der Waals surface area contributed by atoms with Crippen LogP contribution >= 0.6 is 0 Å². The predicted molar refractivity (Wildman–Crippen MR) is 68.1 cm³/mol. The number of ketones is 1. The number of nitrogens with two attached hydrogens (primary N) is 1. The standard InChI is InChI=1S/C14H27NO/c1-4-12(9-15)8-14(16)13-6-5-10(2)11(3)7-13/h10-13H,4-9,15H2,1-3H3. The van der Waals surface area contributed by atoms with Crippen LogP contribution in [-0.4, -0.2) is 12.3 Å². The van der Waals surface area contributed by atoms with E-state index in [0.29, 0.717) is 36.5 Å². The van der Waals surface area contributed by atoms with Crippen LogP contribution in [0.3, 0.4) is 0 Å². The molecule has 1 fully saturated rings. The van der Waals surface area contributed by atoms with Gasteiger partial charge in [0, 0.05) is 12.3 Å². The highest BCUT2D eigenvalue weighted by molar-refractivity contribution is 5.81. The average molecular weight is 225 g/mol. The molecule has 0 aromatic heterocycles. The minimum Gasteiger partial charge on any atom is -0.330 e. The molecule has 0 heterocycles. The Kier molecular flexibility index (Phi) is 5.47.